The van der Waals surface area contributed by atoms with Crippen LogP contribution in [0.4, 0.5) is 0 Å². The van der Waals surface area contributed by atoms with Gasteiger partial charge in [-0.1, -0.05) is 97.1 Å². The van der Waals surface area contributed by atoms with Gasteiger partial charge in [-0.15, -0.1) is 0 Å². The number of hydrogen-bond acceptors (Lipinski definition) is 1. The predicted molar refractivity (Wildman–Crippen MR) is 165 cm³/mol. The summed E-state index contributed by atoms with van der Waals surface area (Å²) in [6.45, 7) is 0. The highest BCUT2D eigenvalue weighted by Gasteiger charge is 2.14. The molecule has 2 heteroatoms. The molecule has 39 heavy (non-hydrogen) atoms. The molecule has 0 bridgehead atoms. The van der Waals surface area contributed by atoms with Gasteiger partial charge in [0.2, 0.25) is 0 Å². The molecule has 0 spiro atoms. The molecule has 1 heterocycles. The molecule has 0 aliphatic carbocycles. The maximum atomic E-state index is 13.8. The molecule has 0 saturated heterocycles. The lowest BCUT2D eigenvalue weighted by Gasteiger charge is -2.15. The average molecular weight is 498 g/mol. The third-order valence-electron chi connectivity index (χ3n) is 7.96. The standard InChI is InChI=1S/C37H23NO/c39-37-33-20-18-27(23-35(33)32-13-6-7-16-36(32)38(37)28-11-2-1-3-12-28)29-14-8-15-30-31(29)19-17-26-21-24-9-4-5-10-25(24)22-34(26)30/h1-23H. The molecule has 0 saturated carbocycles. The van der Waals surface area contributed by atoms with Crippen molar-refractivity contribution in [1.29, 1.82) is 0 Å². The third-order valence-corrected chi connectivity index (χ3v) is 7.96. The summed E-state index contributed by atoms with van der Waals surface area (Å²) in [4.78, 5) is 13.8. The minimum atomic E-state index is -0.00255. The number of rotatable bonds is 2. The molecule has 0 aliphatic rings. The molecule has 0 fully saturated rings. The van der Waals surface area contributed by atoms with Crippen LogP contribution in [0.2, 0.25) is 0 Å². The van der Waals surface area contributed by atoms with E-state index in [1.54, 1.807) is 0 Å². The molecule has 0 N–H and O–H groups in total. The Hall–Kier alpha value is -5.21. The quantitative estimate of drug-likeness (QED) is 0.172. The maximum Gasteiger partial charge on any atom is 0.263 e. The van der Waals surface area contributed by atoms with Crippen LogP contribution in [-0.4, -0.2) is 4.57 Å². The minimum absolute atomic E-state index is 0.00255. The molecule has 2 nitrogen and oxygen atoms in total. The molecule has 0 radical (unpaired) electrons. The zero-order valence-electron chi connectivity index (χ0n) is 21.1. The van der Waals surface area contributed by atoms with E-state index in [-0.39, 0.29) is 5.56 Å². The number of para-hydroxylation sites is 2. The Kier molecular flexibility index (Phi) is 4.71. The van der Waals surface area contributed by atoms with E-state index < -0.39 is 0 Å². The molecular weight excluding hydrogens is 474 g/mol. The second-order valence-corrected chi connectivity index (χ2v) is 10.1. The van der Waals surface area contributed by atoms with Crippen molar-refractivity contribution in [2.75, 3.05) is 0 Å². The van der Waals surface area contributed by atoms with Crippen LogP contribution in [0.3, 0.4) is 0 Å². The second kappa shape index (κ2) is 8.41. The molecule has 1 aromatic heterocycles. The highest BCUT2D eigenvalue weighted by Crippen LogP contribution is 2.36. The summed E-state index contributed by atoms with van der Waals surface area (Å²) in [5.41, 5.74) is 4.06. The van der Waals surface area contributed by atoms with Crippen molar-refractivity contribution in [3.63, 3.8) is 0 Å². The number of hydrogen-bond donors (Lipinski definition) is 0. The lowest BCUT2D eigenvalue weighted by Crippen LogP contribution is -2.19. The van der Waals surface area contributed by atoms with Crippen molar-refractivity contribution in [2.24, 2.45) is 0 Å². The summed E-state index contributed by atoms with van der Waals surface area (Å²) in [7, 11) is 0. The number of benzene rings is 7. The summed E-state index contributed by atoms with van der Waals surface area (Å²) in [6, 6.07) is 48.4. The number of nitrogens with zero attached hydrogens (tertiary/aromatic N) is 1. The number of fused-ring (bicyclic) bond motifs is 7. The Bertz CT molecular complexity index is 2290. The first-order valence-electron chi connectivity index (χ1n) is 13.2. The fourth-order valence-electron chi connectivity index (χ4n) is 6.11. The van der Waals surface area contributed by atoms with Crippen LogP contribution in [0.15, 0.2) is 144 Å². The van der Waals surface area contributed by atoms with Crippen LogP contribution in [0.1, 0.15) is 0 Å². The first-order chi connectivity index (χ1) is 19.3. The highest BCUT2D eigenvalue weighted by atomic mass is 16.1. The number of aromatic nitrogens is 1. The van der Waals surface area contributed by atoms with E-state index in [0.717, 1.165) is 32.9 Å². The predicted octanol–water partition coefficient (Wildman–Crippen LogP) is 9.27. The van der Waals surface area contributed by atoms with Gasteiger partial charge in [-0.3, -0.25) is 9.36 Å². The van der Waals surface area contributed by atoms with Crippen LogP contribution in [0, 0.1) is 0 Å². The largest absolute Gasteiger partial charge is 0.276 e. The van der Waals surface area contributed by atoms with E-state index in [0.29, 0.717) is 0 Å². The van der Waals surface area contributed by atoms with E-state index in [1.807, 2.05) is 59.2 Å². The monoisotopic (exact) mass is 497 g/mol. The molecule has 8 rings (SSSR count). The van der Waals surface area contributed by atoms with E-state index in [4.69, 9.17) is 0 Å². The fourth-order valence-corrected chi connectivity index (χ4v) is 6.11. The topological polar surface area (TPSA) is 22.0 Å². The third kappa shape index (κ3) is 3.32. The van der Waals surface area contributed by atoms with Crippen molar-refractivity contribution >= 4 is 54.0 Å². The first kappa shape index (κ1) is 21.8. The Labute approximate surface area is 225 Å². The van der Waals surface area contributed by atoms with Crippen molar-refractivity contribution in [2.45, 2.75) is 0 Å². The van der Waals surface area contributed by atoms with Crippen molar-refractivity contribution in [1.82, 2.24) is 4.57 Å². The Morgan fingerprint density at radius 3 is 2.00 bits per heavy atom. The van der Waals surface area contributed by atoms with Gasteiger partial charge in [-0.2, -0.15) is 0 Å². The lowest BCUT2D eigenvalue weighted by atomic mass is 9.92. The van der Waals surface area contributed by atoms with Gasteiger partial charge < -0.3 is 0 Å². The van der Waals surface area contributed by atoms with Gasteiger partial charge in [0.25, 0.3) is 5.56 Å². The SMILES string of the molecule is O=c1c2ccc(-c3cccc4c3ccc3cc5ccccc5cc34)cc2c2ccccc2n1-c1ccccc1. The van der Waals surface area contributed by atoms with Gasteiger partial charge in [0.05, 0.1) is 5.52 Å². The van der Waals surface area contributed by atoms with Crippen LogP contribution < -0.4 is 5.56 Å². The van der Waals surface area contributed by atoms with Gasteiger partial charge in [0.1, 0.15) is 0 Å². The molecule has 182 valence electrons. The Morgan fingerprint density at radius 1 is 0.410 bits per heavy atom. The highest BCUT2D eigenvalue weighted by molar-refractivity contribution is 6.16. The van der Waals surface area contributed by atoms with Crippen molar-refractivity contribution in [3.05, 3.63) is 150 Å². The zero-order chi connectivity index (χ0) is 25.9. The molecule has 0 amide bonds. The summed E-state index contributed by atoms with van der Waals surface area (Å²) in [5, 5.41) is 10.2. The van der Waals surface area contributed by atoms with Crippen LogP contribution in [0.25, 0.3) is 70.8 Å². The van der Waals surface area contributed by atoms with E-state index >= 15 is 0 Å². The van der Waals surface area contributed by atoms with E-state index in [9.17, 15) is 4.79 Å². The van der Waals surface area contributed by atoms with Gasteiger partial charge in [-0.25, -0.2) is 0 Å². The Balaban J connectivity index is 1.40. The van der Waals surface area contributed by atoms with Gasteiger partial charge in [-0.05, 0) is 91.3 Å². The fraction of sp³-hybridized carbons (Fsp3) is 0. The lowest BCUT2D eigenvalue weighted by molar-refractivity contribution is 1.06. The van der Waals surface area contributed by atoms with Crippen LogP contribution >= 0.6 is 0 Å². The van der Waals surface area contributed by atoms with Gasteiger partial charge in [0, 0.05) is 16.5 Å². The van der Waals surface area contributed by atoms with Crippen molar-refractivity contribution < 1.29 is 0 Å². The van der Waals surface area contributed by atoms with Gasteiger partial charge in [0.15, 0.2) is 0 Å². The number of pyridine rings is 1. The summed E-state index contributed by atoms with van der Waals surface area (Å²) >= 11 is 0. The molecule has 7 aromatic carbocycles. The second-order valence-electron chi connectivity index (χ2n) is 10.1. The zero-order valence-corrected chi connectivity index (χ0v) is 21.1. The summed E-state index contributed by atoms with van der Waals surface area (Å²) in [5.74, 6) is 0. The minimum Gasteiger partial charge on any atom is -0.276 e. The smallest absolute Gasteiger partial charge is 0.263 e. The maximum absolute atomic E-state index is 13.8. The molecular formula is C37H23NO. The molecule has 0 atom stereocenters. The molecule has 8 aromatic rings. The van der Waals surface area contributed by atoms with Crippen LogP contribution in [0.5, 0.6) is 0 Å². The van der Waals surface area contributed by atoms with Crippen molar-refractivity contribution in [3.8, 4) is 16.8 Å². The molecule has 0 aliphatic heterocycles. The first-order valence-corrected chi connectivity index (χ1v) is 13.2. The van der Waals surface area contributed by atoms with E-state index in [2.05, 4.69) is 84.9 Å². The normalized spacial score (nSPS) is 11.7. The average Bonchev–Trinajstić information content (AvgIpc) is 3.00. The van der Waals surface area contributed by atoms with E-state index in [1.165, 1.54) is 37.9 Å². The van der Waals surface area contributed by atoms with Crippen LogP contribution in [-0.2, 0) is 0 Å². The Morgan fingerprint density at radius 2 is 1.13 bits per heavy atom. The summed E-state index contributed by atoms with van der Waals surface area (Å²) < 4.78 is 1.83. The molecule has 0 unspecified atom stereocenters. The van der Waals surface area contributed by atoms with Gasteiger partial charge >= 0.3 is 0 Å². The summed E-state index contributed by atoms with van der Waals surface area (Å²) in [6.07, 6.45) is 0.